The molecule has 0 fully saturated rings. The maximum absolute atomic E-state index is 10.1. The summed E-state index contributed by atoms with van der Waals surface area (Å²) in [5.74, 6) is 0.526. The number of hydrogen-bond acceptors (Lipinski definition) is 4. The summed E-state index contributed by atoms with van der Waals surface area (Å²) >= 11 is 0. The molecule has 0 aliphatic heterocycles. The van der Waals surface area contributed by atoms with E-state index in [1.54, 1.807) is 0 Å². The third-order valence-corrected chi connectivity index (χ3v) is 1.57. The highest BCUT2D eigenvalue weighted by molar-refractivity contribution is 5.10. The van der Waals surface area contributed by atoms with Crippen molar-refractivity contribution in [3.05, 3.63) is 45.2 Å². The van der Waals surface area contributed by atoms with Crippen molar-refractivity contribution < 1.29 is 14.4 Å². The third-order valence-electron chi connectivity index (χ3n) is 1.57. The summed E-state index contributed by atoms with van der Waals surface area (Å²) in [5, 5.41) is 19.3. The first-order valence-electron chi connectivity index (χ1n) is 3.85. The van der Waals surface area contributed by atoms with Crippen LogP contribution in [0.1, 0.15) is 17.6 Å². The van der Waals surface area contributed by atoms with Crippen LogP contribution in [0.2, 0.25) is 0 Å². The van der Waals surface area contributed by atoms with Crippen LogP contribution >= 0.6 is 0 Å². The molecule has 1 N–H and O–H groups in total. The van der Waals surface area contributed by atoms with Gasteiger partial charge in [0.25, 0.3) is 6.54 Å². The molecule has 0 bridgehead atoms. The van der Waals surface area contributed by atoms with E-state index in [0.717, 1.165) is 0 Å². The van der Waals surface area contributed by atoms with Crippen LogP contribution in [-0.2, 0) is 6.54 Å². The summed E-state index contributed by atoms with van der Waals surface area (Å²) in [4.78, 5) is 12.5. The minimum atomic E-state index is -1.25. The average Bonchev–Trinajstić information content (AvgIpc) is 2.52. The molecule has 6 heteroatoms. The van der Waals surface area contributed by atoms with E-state index in [2.05, 4.69) is 4.85 Å². The number of nitrogens with zero attached hydrogens (tertiary/aromatic N) is 2. The molecule has 1 unspecified atom stereocenters. The second kappa shape index (κ2) is 4.39. The molecule has 0 radical (unpaired) electrons. The lowest BCUT2D eigenvalue weighted by atomic mass is 10.3. The van der Waals surface area contributed by atoms with Gasteiger partial charge in [-0.15, -0.1) is 0 Å². The Morgan fingerprint density at radius 1 is 1.71 bits per heavy atom. The highest BCUT2D eigenvalue weighted by Gasteiger charge is 2.18. The molecule has 14 heavy (non-hydrogen) atoms. The van der Waals surface area contributed by atoms with Gasteiger partial charge in [0.15, 0.2) is 11.9 Å². The monoisotopic (exact) mass is 196 g/mol. The molecule has 1 heterocycles. The molecule has 0 saturated heterocycles. The van der Waals surface area contributed by atoms with Gasteiger partial charge in [0.1, 0.15) is 5.76 Å². The van der Waals surface area contributed by atoms with Crippen molar-refractivity contribution in [1.29, 1.82) is 0 Å². The minimum absolute atomic E-state index is 0.0746. The maximum atomic E-state index is 10.1. The summed E-state index contributed by atoms with van der Waals surface area (Å²) in [6.07, 6.45) is -1.25. The van der Waals surface area contributed by atoms with Gasteiger partial charge < -0.3 is 14.4 Å². The number of nitro groups is 1. The zero-order chi connectivity index (χ0) is 10.6. The normalized spacial score (nSPS) is 12.0. The summed E-state index contributed by atoms with van der Waals surface area (Å²) in [5.41, 5.74) is 0. The molecule has 1 aromatic heterocycles. The SMILES string of the molecule is [C-]#[N+]Cc1ccc(C(O)C[N+](=O)[O-])o1. The van der Waals surface area contributed by atoms with Crippen LogP contribution in [0.4, 0.5) is 0 Å². The Labute approximate surface area is 79.7 Å². The summed E-state index contributed by atoms with van der Waals surface area (Å²) < 4.78 is 5.02. The molecule has 0 amide bonds. The Kier molecular flexibility index (Phi) is 3.20. The van der Waals surface area contributed by atoms with Crippen molar-refractivity contribution >= 4 is 0 Å². The molecule has 0 saturated carbocycles. The van der Waals surface area contributed by atoms with Gasteiger partial charge in [-0.3, -0.25) is 10.1 Å². The van der Waals surface area contributed by atoms with E-state index >= 15 is 0 Å². The van der Waals surface area contributed by atoms with Gasteiger partial charge >= 0.3 is 0 Å². The average molecular weight is 196 g/mol. The second-order valence-electron chi connectivity index (χ2n) is 2.65. The Balaban J connectivity index is 2.67. The van der Waals surface area contributed by atoms with Gasteiger partial charge in [0.2, 0.25) is 6.54 Å². The molecule has 0 aliphatic rings. The van der Waals surface area contributed by atoms with E-state index in [1.807, 2.05) is 0 Å². The molecule has 0 aromatic carbocycles. The number of hydrogen-bond donors (Lipinski definition) is 1. The summed E-state index contributed by atoms with van der Waals surface area (Å²) in [7, 11) is 0. The molecular formula is C8H8N2O4. The van der Waals surface area contributed by atoms with Gasteiger partial charge in [0, 0.05) is 4.92 Å². The van der Waals surface area contributed by atoms with Crippen LogP contribution in [0.15, 0.2) is 16.5 Å². The first kappa shape index (κ1) is 10.2. The summed E-state index contributed by atoms with van der Waals surface area (Å²) in [6, 6.07) is 2.96. The smallest absolute Gasteiger partial charge is 0.271 e. The highest BCUT2D eigenvalue weighted by atomic mass is 16.6. The van der Waals surface area contributed by atoms with Gasteiger partial charge in [0.05, 0.1) is 0 Å². The van der Waals surface area contributed by atoms with Crippen molar-refractivity contribution in [2.24, 2.45) is 0 Å². The largest absolute Gasteiger partial charge is 0.455 e. The van der Waals surface area contributed by atoms with Gasteiger partial charge in [-0.25, -0.2) is 6.57 Å². The van der Waals surface area contributed by atoms with Crippen LogP contribution < -0.4 is 0 Å². The Bertz CT molecular complexity index is 366. The topological polar surface area (TPSA) is 80.9 Å². The first-order valence-corrected chi connectivity index (χ1v) is 3.85. The lowest BCUT2D eigenvalue weighted by molar-refractivity contribution is -0.492. The maximum Gasteiger partial charge on any atom is 0.271 e. The van der Waals surface area contributed by atoms with Crippen molar-refractivity contribution in [3.8, 4) is 0 Å². The van der Waals surface area contributed by atoms with Crippen molar-refractivity contribution in [2.45, 2.75) is 12.6 Å². The predicted octanol–water partition coefficient (Wildman–Crippen LogP) is 1.01. The number of aliphatic hydroxyl groups excluding tert-OH is 1. The Hall–Kier alpha value is -1.87. The molecule has 0 aliphatic carbocycles. The number of furan rings is 1. The van der Waals surface area contributed by atoms with E-state index in [0.29, 0.717) is 5.76 Å². The zero-order valence-electron chi connectivity index (χ0n) is 7.21. The van der Waals surface area contributed by atoms with E-state index in [9.17, 15) is 15.2 Å². The second-order valence-corrected chi connectivity index (χ2v) is 2.65. The summed E-state index contributed by atoms with van der Waals surface area (Å²) in [6.45, 7) is 6.05. The van der Waals surface area contributed by atoms with E-state index < -0.39 is 17.6 Å². The number of aliphatic hydroxyl groups is 1. The number of rotatable bonds is 4. The fourth-order valence-corrected chi connectivity index (χ4v) is 0.968. The molecule has 74 valence electrons. The van der Waals surface area contributed by atoms with Gasteiger partial charge in [-0.05, 0) is 12.1 Å². The molecule has 1 atom stereocenters. The quantitative estimate of drug-likeness (QED) is 0.442. The molecule has 0 spiro atoms. The van der Waals surface area contributed by atoms with E-state index in [1.165, 1.54) is 12.1 Å². The standard InChI is InChI=1S/C8H8N2O4/c1-9-4-6-2-3-8(14-6)7(11)5-10(12)13/h2-3,7,11H,4-5H2. The van der Waals surface area contributed by atoms with Gasteiger partial charge in [-0.2, -0.15) is 0 Å². The highest BCUT2D eigenvalue weighted by Crippen LogP contribution is 2.17. The minimum Gasteiger partial charge on any atom is -0.455 e. The van der Waals surface area contributed by atoms with E-state index in [4.69, 9.17) is 11.0 Å². The lowest BCUT2D eigenvalue weighted by Gasteiger charge is -2.00. The van der Waals surface area contributed by atoms with Crippen molar-refractivity contribution in [1.82, 2.24) is 0 Å². The zero-order valence-corrected chi connectivity index (χ0v) is 7.21. The van der Waals surface area contributed by atoms with Crippen LogP contribution in [0.5, 0.6) is 0 Å². The van der Waals surface area contributed by atoms with Crippen LogP contribution in [0.25, 0.3) is 4.85 Å². The Morgan fingerprint density at radius 3 is 3.00 bits per heavy atom. The molecule has 6 nitrogen and oxygen atoms in total. The van der Waals surface area contributed by atoms with Crippen LogP contribution in [0, 0.1) is 16.7 Å². The van der Waals surface area contributed by atoms with Gasteiger partial charge in [-0.1, -0.05) is 0 Å². The lowest BCUT2D eigenvalue weighted by Crippen LogP contribution is -2.10. The van der Waals surface area contributed by atoms with Crippen LogP contribution in [0.3, 0.4) is 0 Å². The Morgan fingerprint density at radius 2 is 2.43 bits per heavy atom. The van der Waals surface area contributed by atoms with Crippen molar-refractivity contribution in [2.75, 3.05) is 6.54 Å². The molecule has 1 aromatic rings. The fraction of sp³-hybridized carbons (Fsp3) is 0.375. The van der Waals surface area contributed by atoms with Crippen molar-refractivity contribution in [3.63, 3.8) is 0 Å². The fourth-order valence-electron chi connectivity index (χ4n) is 0.968. The van der Waals surface area contributed by atoms with E-state index in [-0.39, 0.29) is 12.3 Å². The predicted molar refractivity (Wildman–Crippen MR) is 45.8 cm³/mol. The molecular weight excluding hydrogens is 188 g/mol. The third kappa shape index (κ3) is 2.57. The van der Waals surface area contributed by atoms with Crippen LogP contribution in [-0.4, -0.2) is 16.6 Å². The first-order chi connectivity index (χ1) is 6.63. The molecule has 1 rings (SSSR count).